The molecule has 2 unspecified atom stereocenters. The molecule has 1 N–H and O–H groups in total. The number of nitrogens with zero attached hydrogens (tertiary/aromatic N) is 2. The number of aliphatic hydroxyl groups excluding tert-OH is 1. The van der Waals surface area contributed by atoms with Crippen molar-refractivity contribution >= 4 is 17.4 Å². The lowest BCUT2D eigenvalue weighted by molar-refractivity contribution is -0.140. The van der Waals surface area contributed by atoms with Crippen LogP contribution in [-0.2, 0) is 20.7 Å². The monoisotopic (exact) mass is 490 g/mol. The van der Waals surface area contributed by atoms with E-state index in [0.717, 1.165) is 36.4 Å². The quantitative estimate of drug-likeness (QED) is 0.376. The summed E-state index contributed by atoms with van der Waals surface area (Å²) in [5.41, 5.74) is 3.66. The number of carbonyl (C=O) groups is 2. The van der Waals surface area contributed by atoms with E-state index in [1.54, 1.807) is 11.0 Å². The molecule has 1 amide bonds. The summed E-state index contributed by atoms with van der Waals surface area (Å²) in [7, 11) is 0. The molecule has 3 aliphatic rings. The van der Waals surface area contributed by atoms with Gasteiger partial charge in [-0.2, -0.15) is 0 Å². The second kappa shape index (κ2) is 10.1. The van der Waals surface area contributed by atoms with E-state index in [9.17, 15) is 14.7 Å². The number of morpholine rings is 1. The lowest BCUT2D eigenvalue weighted by Gasteiger charge is -2.31. The van der Waals surface area contributed by atoms with Crippen molar-refractivity contribution in [2.45, 2.75) is 45.3 Å². The molecule has 0 aromatic heterocycles. The fourth-order valence-electron chi connectivity index (χ4n) is 5.32. The molecule has 2 saturated heterocycles. The minimum absolute atomic E-state index is 0.0719. The first kappa shape index (κ1) is 24.5. The molecule has 2 fully saturated rings. The summed E-state index contributed by atoms with van der Waals surface area (Å²) in [6, 6.07) is 12.8. The fraction of sp³-hybridized carbons (Fsp3) is 0.448. The highest BCUT2D eigenvalue weighted by Gasteiger charge is 2.46. The third-order valence-electron chi connectivity index (χ3n) is 7.39. The molecule has 2 aromatic rings. The first-order valence-electron chi connectivity index (χ1n) is 12.8. The predicted molar refractivity (Wildman–Crippen MR) is 137 cm³/mol. The summed E-state index contributed by atoms with van der Waals surface area (Å²) < 4.78 is 11.2. The predicted octanol–water partition coefficient (Wildman–Crippen LogP) is 3.89. The van der Waals surface area contributed by atoms with E-state index in [-0.39, 0.29) is 17.4 Å². The van der Waals surface area contributed by atoms with E-state index in [1.165, 1.54) is 5.56 Å². The second-order valence-corrected chi connectivity index (χ2v) is 10.2. The number of fused-ring (bicyclic) bond motifs is 1. The van der Waals surface area contributed by atoms with E-state index in [0.29, 0.717) is 37.8 Å². The molecule has 0 aliphatic carbocycles. The number of carbonyl (C=O) groups excluding carboxylic acids is 2. The van der Waals surface area contributed by atoms with Crippen molar-refractivity contribution in [2.24, 2.45) is 0 Å². The molecule has 3 heterocycles. The Kier molecular flexibility index (Phi) is 6.86. The number of amides is 1. The summed E-state index contributed by atoms with van der Waals surface area (Å²) in [6.07, 6.45) is 0.812. The van der Waals surface area contributed by atoms with Crippen LogP contribution in [0.1, 0.15) is 55.0 Å². The van der Waals surface area contributed by atoms with Gasteiger partial charge in [-0.1, -0.05) is 38.1 Å². The average molecular weight is 491 g/mol. The van der Waals surface area contributed by atoms with Gasteiger partial charge in [-0.15, -0.1) is 0 Å². The lowest BCUT2D eigenvalue weighted by atomic mass is 9.92. The van der Waals surface area contributed by atoms with Crippen LogP contribution in [0, 0.1) is 0 Å². The zero-order chi connectivity index (χ0) is 25.4. The Labute approximate surface area is 212 Å². The van der Waals surface area contributed by atoms with Crippen LogP contribution in [0.15, 0.2) is 48.0 Å². The van der Waals surface area contributed by atoms with E-state index >= 15 is 0 Å². The van der Waals surface area contributed by atoms with Gasteiger partial charge in [-0.05, 0) is 47.7 Å². The first-order valence-corrected chi connectivity index (χ1v) is 12.8. The largest absolute Gasteiger partial charge is 0.507 e. The molecule has 3 aliphatic heterocycles. The molecule has 2 aromatic carbocycles. The number of hydrogen-bond donors (Lipinski definition) is 1. The maximum atomic E-state index is 13.4. The minimum atomic E-state index is -0.643. The number of ether oxygens (including phenoxy) is 2. The number of aliphatic hydroxyl groups is 1. The molecule has 2 atom stereocenters. The molecular weight excluding hydrogens is 456 g/mol. The van der Waals surface area contributed by atoms with E-state index in [2.05, 4.69) is 18.7 Å². The number of ketones is 1. The van der Waals surface area contributed by atoms with Crippen LogP contribution in [-0.4, -0.2) is 72.1 Å². The van der Waals surface area contributed by atoms with Gasteiger partial charge in [0.15, 0.2) is 0 Å². The molecule has 36 heavy (non-hydrogen) atoms. The Morgan fingerprint density at radius 2 is 1.78 bits per heavy atom. The smallest absolute Gasteiger partial charge is 0.295 e. The van der Waals surface area contributed by atoms with E-state index < -0.39 is 17.7 Å². The Bertz CT molecular complexity index is 1180. The van der Waals surface area contributed by atoms with Crippen molar-refractivity contribution < 1.29 is 24.2 Å². The molecule has 7 nitrogen and oxygen atoms in total. The highest BCUT2D eigenvalue weighted by atomic mass is 16.5. The van der Waals surface area contributed by atoms with Crippen LogP contribution >= 0.6 is 0 Å². The summed E-state index contributed by atoms with van der Waals surface area (Å²) in [6.45, 7) is 10.2. The Morgan fingerprint density at radius 3 is 2.47 bits per heavy atom. The van der Waals surface area contributed by atoms with Gasteiger partial charge in [-0.3, -0.25) is 14.5 Å². The highest BCUT2D eigenvalue weighted by Crippen LogP contribution is 2.40. The Hall–Kier alpha value is -3.16. The number of hydrogen-bond acceptors (Lipinski definition) is 6. The SMILES string of the molecule is CC1Cc2cc(/C(O)=C3\C(=O)C(=O)N(CCN4CCOCC4)C3c3ccc(C(C)C)cc3)ccc2O1. The van der Waals surface area contributed by atoms with Gasteiger partial charge in [0.25, 0.3) is 11.7 Å². The van der Waals surface area contributed by atoms with Crippen LogP contribution in [0.5, 0.6) is 5.75 Å². The van der Waals surface area contributed by atoms with Crippen molar-refractivity contribution in [3.05, 3.63) is 70.3 Å². The van der Waals surface area contributed by atoms with Crippen molar-refractivity contribution in [1.82, 2.24) is 9.80 Å². The average Bonchev–Trinajstić information content (AvgIpc) is 3.38. The minimum Gasteiger partial charge on any atom is -0.507 e. The van der Waals surface area contributed by atoms with Crippen LogP contribution in [0.25, 0.3) is 5.76 Å². The highest BCUT2D eigenvalue weighted by molar-refractivity contribution is 6.46. The number of likely N-dealkylation sites (tertiary alicyclic amines) is 1. The summed E-state index contributed by atoms with van der Waals surface area (Å²) in [5, 5.41) is 11.4. The molecule has 0 radical (unpaired) electrons. The van der Waals surface area contributed by atoms with Crippen LogP contribution in [0.2, 0.25) is 0 Å². The van der Waals surface area contributed by atoms with Crippen LogP contribution in [0.4, 0.5) is 0 Å². The fourth-order valence-corrected chi connectivity index (χ4v) is 5.32. The molecule has 7 heteroatoms. The van der Waals surface area contributed by atoms with Gasteiger partial charge in [0.1, 0.15) is 17.6 Å². The van der Waals surface area contributed by atoms with Crippen molar-refractivity contribution in [3.63, 3.8) is 0 Å². The molecular formula is C29H34N2O5. The van der Waals surface area contributed by atoms with Gasteiger partial charge < -0.3 is 19.5 Å². The Morgan fingerprint density at radius 1 is 1.06 bits per heavy atom. The Balaban J connectivity index is 1.53. The molecule has 0 spiro atoms. The van der Waals surface area contributed by atoms with Crippen molar-refractivity contribution in [1.29, 1.82) is 0 Å². The van der Waals surface area contributed by atoms with E-state index in [4.69, 9.17) is 9.47 Å². The summed E-state index contributed by atoms with van der Waals surface area (Å²) in [5.74, 6) is -0.186. The zero-order valence-electron chi connectivity index (χ0n) is 21.2. The summed E-state index contributed by atoms with van der Waals surface area (Å²) >= 11 is 0. The first-order chi connectivity index (χ1) is 17.3. The number of benzene rings is 2. The maximum absolute atomic E-state index is 13.4. The third kappa shape index (κ3) is 4.65. The van der Waals surface area contributed by atoms with Gasteiger partial charge in [0.05, 0.1) is 24.8 Å². The summed E-state index contributed by atoms with van der Waals surface area (Å²) in [4.78, 5) is 30.5. The van der Waals surface area contributed by atoms with Gasteiger partial charge >= 0.3 is 0 Å². The van der Waals surface area contributed by atoms with Crippen molar-refractivity contribution in [3.8, 4) is 5.75 Å². The number of rotatable bonds is 6. The van der Waals surface area contributed by atoms with Crippen LogP contribution in [0.3, 0.4) is 0 Å². The molecule has 0 bridgehead atoms. The standard InChI is InChI=1S/C29H34N2O5/c1-18(2)20-4-6-21(7-5-20)26-25(27(32)22-8-9-24-23(17-22)16-19(3)36-24)28(33)29(34)31(26)11-10-30-12-14-35-15-13-30/h4-9,17-19,26,32H,10-16H2,1-3H3/b27-25+. The molecule has 5 rings (SSSR count). The topological polar surface area (TPSA) is 79.3 Å². The van der Waals surface area contributed by atoms with Gasteiger partial charge in [-0.25, -0.2) is 0 Å². The number of Topliss-reactive ketones (excluding diaryl/α,β-unsaturated/α-hetero) is 1. The van der Waals surface area contributed by atoms with E-state index in [1.807, 2.05) is 43.3 Å². The molecule has 0 saturated carbocycles. The molecule has 190 valence electrons. The van der Waals surface area contributed by atoms with Gasteiger partial charge in [0.2, 0.25) is 0 Å². The van der Waals surface area contributed by atoms with Gasteiger partial charge in [0, 0.05) is 38.2 Å². The normalized spacial score (nSPS) is 23.8. The van der Waals surface area contributed by atoms with Crippen molar-refractivity contribution in [2.75, 3.05) is 39.4 Å². The zero-order valence-corrected chi connectivity index (χ0v) is 21.2. The third-order valence-corrected chi connectivity index (χ3v) is 7.39. The second-order valence-electron chi connectivity index (χ2n) is 10.2. The lowest BCUT2D eigenvalue weighted by Crippen LogP contribution is -2.42. The van der Waals surface area contributed by atoms with Crippen LogP contribution < -0.4 is 4.74 Å². The maximum Gasteiger partial charge on any atom is 0.295 e.